The lowest BCUT2D eigenvalue weighted by molar-refractivity contribution is -0.143. The summed E-state index contributed by atoms with van der Waals surface area (Å²) in [5, 5.41) is 11.6. The highest BCUT2D eigenvalue weighted by Crippen LogP contribution is 2.16. The molecular weight excluding hydrogens is 340 g/mol. The van der Waals surface area contributed by atoms with Crippen LogP contribution in [-0.2, 0) is 23.9 Å². The molecule has 0 saturated carbocycles. The van der Waals surface area contributed by atoms with Crippen molar-refractivity contribution in [1.82, 2.24) is 10.2 Å². The average molecular weight is 372 g/mol. The van der Waals surface area contributed by atoms with Gasteiger partial charge in [0.1, 0.15) is 6.04 Å². The van der Waals surface area contributed by atoms with Gasteiger partial charge in [-0.25, -0.2) is 0 Å². The normalized spacial score (nSPS) is 11.7. The number of hydrogen-bond acceptors (Lipinski definition) is 5. The number of esters is 1. The molecule has 1 atom stereocenters. The quantitative estimate of drug-likeness (QED) is 0.475. The monoisotopic (exact) mass is 372 g/mol. The summed E-state index contributed by atoms with van der Waals surface area (Å²) in [6, 6.07) is -0.644. The molecule has 0 aromatic rings. The van der Waals surface area contributed by atoms with E-state index in [9.17, 15) is 19.2 Å². The van der Waals surface area contributed by atoms with Crippen LogP contribution in [0.3, 0.4) is 0 Å². The highest BCUT2D eigenvalue weighted by atomic mass is 16.5. The van der Waals surface area contributed by atoms with E-state index in [1.165, 1.54) is 12.0 Å². The molecule has 150 valence electrons. The topological polar surface area (TPSA) is 113 Å². The van der Waals surface area contributed by atoms with Gasteiger partial charge >= 0.3 is 11.9 Å². The number of carboxylic acid groups (broad SMARTS) is 1. The molecule has 0 heterocycles. The van der Waals surface area contributed by atoms with Crippen molar-refractivity contribution >= 4 is 23.8 Å². The molecule has 2 N–H and O–H groups in total. The van der Waals surface area contributed by atoms with E-state index in [-0.39, 0.29) is 50.0 Å². The zero-order valence-electron chi connectivity index (χ0n) is 16.2. The fraction of sp³-hybridized carbons (Fsp3) is 0.778. The number of carboxylic acids is 1. The summed E-state index contributed by atoms with van der Waals surface area (Å²) in [4.78, 5) is 48.6. The minimum Gasteiger partial charge on any atom is -0.481 e. The molecule has 0 rings (SSSR count). The highest BCUT2D eigenvalue weighted by molar-refractivity contribution is 5.87. The van der Waals surface area contributed by atoms with Crippen LogP contribution in [0.4, 0.5) is 0 Å². The number of amides is 2. The summed E-state index contributed by atoms with van der Waals surface area (Å²) in [7, 11) is 1.29. The number of nitrogens with zero attached hydrogens (tertiary/aromatic N) is 1. The zero-order chi connectivity index (χ0) is 20.1. The summed E-state index contributed by atoms with van der Waals surface area (Å²) in [6.45, 7) is 6.37. The van der Waals surface area contributed by atoms with Crippen molar-refractivity contribution in [3.8, 4) is 0 Å². The molecule has 0 aromatic heterocycles. The smallest absolute Gasteiger partial charge is 0.305 e. The predicted octanol–water partition coefficient (Wildman–Crippen LogP) is 1.57. The third-order valence-electron chi connectivity index (χ3n) is 3.83. The van der Waals surface area contributed by atoms with Crippen LogP contribution in [0, 0.1) is 5.92 Å². The summed E-state index contributed by atoms with van der Waals surface area (Å²) >= 11 is 0. The first kappa shape index (κ1) is 23.9. The molecule has 0 fully saturated rings. The maximum Gasteiger partial charge on any atom is 0.305 e. The molecular formula is C18H32N2O6. The SMILES string of the molecule is CCNC(=O)C(CC(C)C)N(CCCC(=O)O)C(=O)CCCC(=O)OC. The van der Waals surface area contributed by atoms with Crippen molar-refractivity contribution in [1.29, 1.82) is 0 Å². The van der Waals surface area contributed by atoms with Gasteiger partial charge in [-0.2, -0.15) is 0 Å². The molecule has 0 spiro atoms. The van der Waals surface area contributed by atoms with Gasteiger partial charge < -0.3 is 20.1 Å². The van der Waals surface area contributed by atoms with Gasteiger partial charge in [0.25, 0.3) is 0 Å². The van der Waals surface area contributed by atoms with Gasteiger partial charge in [0, 0.05) is 32.4 Å². The van der Waals surface area contributed by atoms with Crippen LogP contribution in [0.25, 0.3) is 0 Å². The third-order valence-corrected chi connectivity index (χ3v) is 3.83. The lowest BCUT2D eigenvalue weighted by atomic mass is 10.00. The minimum absolute atomic E-state index is 0.0737. The number of aliphatic carboxylic acids is 1. The summed E-state index contributed by atoms with van der Waals surface area (Å²) in [5.41, 5.74) is 0. The van der Waals surface area contributed by atoms with Crippen LogP contribution in [-0.4, -0.2) is 60.0 Å². The number of rotatable bonds is 13. The van der Waals surface area contributed by atoms with Crippen molar-refractivity contribution in [3.05, 3.63) is 0 Å². The lowest BCUT2D eigenvalue weighted by Crippen LogP contribution is -2.50. The van der Waals surface area contributed by atoms with Crippen molar-refractivity contribution < 1.29 is 29.0 Å². The van der Waals surface area contributed by atoms with Gasteiger partial charge in [0.05, 0.1) is 7.11 Å². The Morgan fingerprint density at radius 3 is 2.23 bits per heavy atom. The van der Waals surface area contributed by atoms with Gasteiger partial charge in [0.2, 0.25) is 11.8 Å². The molecule has 8 heteroatoms. The summed E-state index contributed by atoms with van der Waals surface area (Å²) in [6.07, 6.45) is 1.24. The second-order valence-electron chi connectivity index (χ2n) is 6.55. The van der Waals surface area contributed by atoms with E-state index in [1.807, 2.05) is 13.8 Å². The van der Waals surface area contributed by atoms with Gasteiger partial charge in [0.15, 0.2) is 0 Å². The van der Waals surface area contributed by atoms with Crippen molar-refractivity contribution in [3.63, 3.8) is 0 Å². The molecule has 0 saturated heterocycles. The van der Waals surface area contributed by atoms with Crippen LogP contribution in [0.15, 0.2) is 0 Å². The Hall–Kier alpha value is -2.12. The van der Waals surface area contributed by atoms with Crippen LogP contribution < -0.4 is 5.32 Å². The van der Waals surface area contributed by atoms with E-state index in [0.717, 1.165) is 0 Å². The molecule has 2 amide bonds. The zero-order valence-corrected chi connectivity index (χ0v) is 16.2. The van der Waals surface area contributed by atoms with E-state index >= 15 is 0 Å². The van der Waals surface area contributed by atoms with E-state index in [1.54, 1.807) is 6.92 Å². The van der Waals surface area contributed by atoms with Crippen LogP contribution in [0.2, 0.25) is 0 Å². The molecule has 1 unspecified atom stereocenters. The van der Waals surface area contributed by atoms with Crippen LogP contribution in [0.1, 0.15) is 59.3 Å². The average Bonchev–Trinajstić information content (AvgIpc) is 2.56. The first-order valence-electron chi connectivity index (χ1n) is 9.08. The first-order chi connectivity index (χ1) is 12.2. The van der Waals surface area contributed by atoms with Gasteiger partial charge in [-0.3, -0.25) is 19.2 Å². The molecule has 0 aliphatic heterocycles. The Morgan fingerprint density at radius 2 is 1.73 bits per heavy atom. The molecule has 8 nitrogen and oxygen atoms in total. The Bertz CT molecular complexity index is 478. The Morgan fingerprint density at radius 1 is 1.08 bits per heavy atom. The van der Waals surface area contributed by atoms with Gasteiger partial charge in [-0.05, 0) is 32.1 Å². The molecule has 0 radical (unpaired) electrons. The summed E-state index contributed by atoms with van der Waals surface area (Å²) < 4.78 is 4.56. The highest BCUT2D eigenvalue weighted by Gasteiger charge is 2.29. The van der Waals surface area contributed by atoms with Gasteiger partial charge in [-0.15, -0.1) is 0 Å². The number of carbonyl (C=O) groups excluding carboxylic acids is 3. The van der Waals surface area contributed by atoms with Crippen molar-refractivity contribution in [2.24, 2.45) is 5.92 Å². The second kappa shape index (κ2) is 13.1. The fourth-order valence-corrected chi connectivity index (χ4v) is 2.60. The van der Waals surface area contributed by atoms with Crippen LogP contribution >= 0.6 is 0 Å². The Balaban J connectivity index is 5.15. The predicted molar refractivity (Wildman–Crippen MR) is 96.4 cm³/mol. The van der Waals surface area contributed by atoms with E-state index in [4.69, 9.17) is 5.11 Å². The third kappa shape index (κ3) is 10.0. The number of hydrogen-bond donors (Lipinski definition) is 2. The minimum atomic E-state index is -0.943. The molecule has 0 aliphatic rings. The molecule has 26 heavy (non-hydrogen) atoms. The number of likely N-dealkylation sites (N-methyl/N-ethyl adjacent to an activating group) is 1. The van der Waals surface area contributed by atoms with Crippen molar-refractivity contribution in [2.45, 2.75) is 65.3 Å². The number of nitrogens with one attached hydrogen (secondary N) is 1. The fourth-order valence-electron chi connectivity index (χ4n) is 2.60. The largest absolute Gasteiger partial charge is 0.481 e. The second-order valence-corrected chi connectivity index (χ2v) is 6.55. The summed E-state index contributed by atoms with van der Waals surface area (Å²) in [5.74, 6) is -1.64. The molecule has 0 bridgehead atoms. The van der Waals surface area contributed by atoms with Crippen molar-refractivity contribution in [2.75, 3.05) is 20.2 Å². The lowest BCUT2D eigenvalue weighted by Gasteiger charge is -2.32. The maximum absolute atomic E-state index is 12.7. The van der Waals surface area contributed by atoms with Crippen LogP contribution in [0.5, 0.6) is 0 Å². The Labute approximate surface area is 155 Å². The molecule has 0 aliphatic carbocycles. The van der Waals surface area contributed by atoms with E-state index in [2.05, 4.69) is 10.1 Å². The number of methoxy groups -OCH3 is 1. The standard InChI is InChI=1S/C18H32N2O6/c1-5-19-18(25)14(12-13(2)3)20(11-7-9-16(22)23)15(21)8-6-10-17(24)26-4/h13-14H,5-12H2,1-4H3,(H,19,25)(H,22,23). The molecule has 0 aromatic carbocycles. The number of carbonyl (C=O) groups is 4. The van der Waals surface area contributed by atoms with E-state index in [0.29, 0.717) is 19.4 Å². The Kier molecular flexibility index (Phi) is 12.1. The van der Waals surface area contributed by atoms with E-state index < -0.39 is 18.0 Å². The first-order valence-corrected chi connectivity index (χ1v) is 9.08. The van der Waals surface area contributed by atoms with Gasteiger partial charge in [-0.1, -0.05) is 13.8 Å². The number of ether oxygens (including phenoxy) is 1. The maximum atomic E-state index is 12.7.